The molecular weight excluding hydrogens is 290 g/mol. The van der Waals surface area contributed by atoms with Crippen molar-refractivity contribution in [1.29, 1.82) is 0 Å². The molecule has 0 atom stereocenters. The van der Waals surface area contributed by atoms with Gasteiger partial charge < -0.3 is 10.6 Å². The maximum Gasteiger partial charge on any atom is 0.234 e. The highest BCUT2D eigenvalue weighted by Crippen LogP contribution is 2.16. The van der Waals surface area contributed by atoms with Crippen LogP contribution < -0.4 is 15.4 Å². The number of hydrogen-bond donors (Lipinski definition) is 3. The van der Waals surface area contributed by atoms with Crippen LogP contribution in [0.1, 0.15) is 52.4 Å². The fraction of sp³-hybridized carbons (Fsp3) is 0.929. The summed E-state index contributed by atoms with van der Waals surface area (Å²) in [6.45, 7) is 4.18. The molecule has 0 aromatic rings. The Kier molecular flexibility index (Phi) is 7.09. The Hall–Kier alpha value is -0.660. The van der Waals surface area contributed by atoms with Gasteiger partial charge >= 0.3 is 0 Å². The summed E-state index contributed by atoms with van der Waals surface area (Å²) in [6.07, 6.45) is 8.15. The lowest BCUT2D eigenvalue weighted by Gasteiger charge is -2.25. The molecule has 1 aliphatic rings. The van der Waals surface area contributed by atoms with E-state index in [9.17, 15) is 13.2 Å². The Morgan fingerprint density at radius 1 is 1.14 bits per heavy atom. The van der Waals surface area contributed by atoms with Crippen molar-refractivity contribution in [3.05, 3.63) is 0 Å². The van der Waals surface area contributed by atoms with Crippen LogP contribution in [0.4, 0.5) is 0 Å². The third-order valence-corrected chi connectivity index (χ3v) is 4.46. The van der Waals surface area contributed by atoms with Crippen molar-refractivity contribution in [3.63, 3.8) is 0 Å². The molecule has 7 heteroatoms. The van der Waals surface area contributed by atoms with Crippen molar-refractivity contribution < 1.29 is 13.2 Å². The molecule has 0 spiro atoms. The third kappa shape index (κ3) is 9.06. The summed E-state index contributed by atoms with van der Waals surface area (Å²) in [5.41, 5.74) is -0.615. The SMILES string of the molecule is CC(C)(CNCC(=O)NC1CCCCCC1)NS(C)(=O)=O. The molecule has 0 bridgehead atoms. The predicted octanol–water partition coefficient (Wildman–Crippen LogP) is 0.743. The molecule has 0 unspecified atom stereocenters. The first kappa shape index (κ1) is 18.4. The van der Waals surface area contributed by atoms with E-state index in [1.807, 2.05) is 0 Å². The fourth-order valence-corrected chi connectivity index (χ4v) is 3.80. The average molecular weight is 319 g/mol. The Morgan fingerprint density at radius 2 is 1.71 bits per heavy atom. The summed E-state index contributed by atoms with van der Waals surface area (Å²) < 4.78 is 25.0. The second-order valence-electron chi connectivity index (χ2n) is 6.62. The minimum Gasteiger partial charge on any atom is -0.352 e. The second kappa shape index (κ2) is 8.10. The van der Waals surface area contributed by atoms with Gasteiger partial charge in [-0.25, -0.2) is 13.1 Å². The average Bonchev–Trinajstić information content (AvgIpc) is 2.53. The topological polar surface area (TPSA) is 87.3 Å². The Bertz CT molecular complexity index is 427. The van der Waals surface area contributed by atoms with Gasteiger partial charge in [-0.05, 0) is 26.7 Å². The number of carbonyl (C=O) groups excluding carboxylic acids is 1. The second-order valence-corrected chi connectivity index (χ2v) is 8.37. The summed E-state index contributed by atoms with van der Waals surface area (Å²) >= 11 is 0. The van der Waals surface area contributed by atoms with Gasteiger partial charge in [-0.1, -0.05) is 25.7 Å². The number of nitrogens with one attached hydrogen (secondary N) is 3. The quantitative estimate of drug-likeness (QED) is 0.604. The van der Waals surface area contributed by atoms with E-state index in [0.717, 1.165) is 19.1 Å². The van der Waals surface area contributed by atoms with Gasteiger partial charge in [0.05, 0.1) is 12.8 Å². The van der Waals surface area contributed by atoms with E-state index in [0.29, 0.717) is 12.6 Å². The fourth-order valence-electron chi connectivity index (χ4n) is 2.73. The molecule has 21 heavy (non-hydrogen) atoms. The predicted molar refractivity (Wildman–Crippen MR) is 84.6 cm³/mol. The lowest BCUT2D eigenvalue weighted by atomic mass is 10.1. The van der Waals surface area contributed by atoms with Gasteiger partial charge in [0.2, 0.25) is 15.9 Å². The zero-order chi connectivity index (χ0) is 15.9. The van der Waals surface area contributed by atoms with Crippen molar-refractivity contribution >= 4 is 15.9 Å². The summed E-state index contributed by atoms with van der Waals surface area (Å²) in [5.74, 6) is -0.0166. The van der Waals surface area contributed by atoms with E-state index < -0.39 is 15.6 Å². The summed E-state index contributed by atoms with van der Waals surface area (Å²) in [5, 5.41) is 6.07. The maximum atomic E-state index is 11.9. The molecule has 1 aliphatic carbocycles. The number of amides is 1. The van der Waals surface area contributed by atoms with Crippen molar-refractivity contribution in [2.45, 2.75) is 64.0 Å². The van der Waals surface area contributed by atoms with Gasteiger partial charge in [0, 0.05) is 18.1 Å². The molecule has 0 aromatic heterocycles. The molecule has 6 nitrogen and oxygen atoms in total. The first-order chi connectivity index (χ1) is 9.68. The molecule has 0 heterocycles. The molecule has 3 N–H and O–H groups in total. The van der Waals surface area contributed by atoms with Gasteiger partial charge in [0.1, 0.15) is 0 Å². The molecule has 0 saturated heterocycles. The Labute approximate surface area is 128 Å². The van der Waals surface area contributed by atoms with E-state index in [2.05, 4.69) is 15.4 Å². The molecule has 0 aromatic carbocycles. The highest BCUT2D eigenvalue weighted by Gasteiger charge is 2.22. The van der Waals surface area contributed by atoms with Crippen molar-refractivity contribution in [1.82, 2.24) is 15.4 Å². The van der Waals surface area contributed by atoms with Crippen LogP contribution in [-0.2, 0) is 14.8 Å². The normalized spacial score (nSPS) is 18.2. The van der Waals surface area contributed by atoms with Gasteiger partial charge in [-0.3, -0.25) is 4.79 Å². The Morgan fingerprint density at radius 3 is 2.24 bits per heavy atom. The highest BCUT2D eigenvalue weighted by atomic mass is 32.2. The zero-order valence-electron chi connectivity index (χ0n) is 13.4. The highest BCUT2D eigenvalue weighted by molar-refractivity contribution is 7.88. The summed E-state index contributed by atoms with van der Waals surface area (Å²) in [7, 11) is -3.25. The number of rotatable bonds is 7. The van der Waals surface area contributed by atoms with Gasteiger partial charge in [0.15, 0.2) is 0 Å². The van der Waals surface area contributed by atoms with Crippen molar-refractivity contribution in [2.24, 2.45) is 0 Å². The largest absolute Gasteiger partial charge is 0.352 e. The van der Waals surface area contributed by atoms with Crippen LogP contribution in [0.25, 0.3) is 0 Å². The lowest BCUT2D eigenvalue weighted by molar-refractivity contribution is -0.121. The molecular formula is C14H29N3O3S. The molecule has 1 fully saturated rings. The molecule has 124 valence electrons. The first-order valence-corrected chi connectivity index (χ1v) is 9.56. The Balaban J connectivity index is 2.26. The van der Waals surface area contributed by atoms with E-state index in [-0.39, 0.29) is 12.5 Å². The van der Waals surface area contributed by atoms with Crippen LogP contribution in [0.2, 0.25) is 0 Å². The van der Waals surface area contributed by atoms with Crippen LogP contribution >= 0.6 is 0 Å². The number of sulfonamides is 1. The van der Waals surface area contributed by atoms with E-state index in [1.165, 1.54) is 25.7 Å². The summed E-state index contributed by atoms with van der Waals surface area (Å²) in [6, 6.07) is 0.295. The van der Waals surface area contributed by atoms with Crippen LogP contribution in [0.15, 0.2) is 0 Å². The lowest BCUT2D eigenvalue weighted by Crippen LogP contribution is -2.51. The van der Waals surface area contributed by atoms with Crippen molar-refractivity contribution in [2.75, 3.05) is 19.3 Å². The van der Waals surface area contributed by atoms with Gasteiger partial charge in [-0.15, -0.1) is 0 Å². The molecule has 1 amide bonds. The smallest absolute Gasteiger partial charge is 0.234 e. The first-order valence-electron chi connectivity index (χ1n) is 7.67. The van der Waals surface area contributed by atoms with Crippen LogP contribution in [-0.4, -0.2) is 45.3 Å². The maximum absolute atomic E-state index is 11.9. The van der Waals surface area contributed by atoms with Crippen LogP contribution in [0.3, 0.4) is 0 Å². The van der Waals surface area contributed by atoms with Crippen molar-refractivity contribution in [3.8, 4) is 0 Å². The standard InChI is InChI=1S/C14H29N3O3S/c1-14(2,17-21(3,19)20)11-15-10-13(18)16-12-8-6-4-5-7-9-12/h12,15,17H,4-11H2,1-3H3,(H,16,18). The van der Waals surface area contributed by atoms with E-state index >= 15 is 0 Å². The molecule has 0 radical (unpaired) electrons. The molecule has 0 aliphatic heterocycles. The number of carbonyl (C=O) groups is 1. The van der Waals surface area contributed by atoms with Crippen LogP contribution in [0.5, 0.6) is 0 Å². The van der Waals surface area contributed by atoms with Gasteiger partial charge in [0.25, 0.3) is 0 Å². The number of hydrogen-bond acceptors (Lipinski definition) is 4. The van der Waals surface area contributed by atoms with E-state index in [1.54, 1.807) is 13.8 Å². The third-order valence-electron chi connectivity index (χ3n) is 3.53. The van der Waals surface area contributed by atoms with Gasteiger partial charge in [-0.2, -0.15) is 0 Å². The molecule has 1 rings (SSSR count). The van der Waals surface area contributed by atoms with E-state index in [4.69, 9.17) is 0 Å². The minimum atomic E-state index is -3.25. The minimum absolute atomic E-state index is 0.0166. The molecule has 1 saturated carbocycles. The zero-order valence-corrected chi connectivity index (χ0v) is 14.2. The summed E-state index contributed by atoms with van der Waals surface area (Å²) in [4.78, 5) is 11.9. The van der Waals surface area contributed by atoms with Crippen LogP contribution in [0, 0.1) is 0 Å². The monoisotopic (exact) mass is 319 g/mol.